The minimum Gasteiger partial charge on any atom is -0.383 e. The third kappa shape index (κ3) is 2.61. The Balaban J connectivity index is 2.12. The van der Waals surface area contributed by atoms with Gasteiger partial charge in [-0.15, -0.1) is 0 Å². The lowest BCUT2D eigenvalue weighted by Gasteiger charge is -2.15. The van der Waals surface area contributed by atoms with E-state index in [0.717, 1.165) is 6.07 Å². The fourth-order valence-electron chi connectivity index (χ4n) is 2.34. The van der Waals surface area contributed by atoms with Gasteiger partial charge in [-0.1, -0.05) is 36.4 Å². The molecule has 22 heavy (non-hydrogen) atoms. The molecule has 1 aromatic heterocycles. The molecule has 1 heterocycles. The Morgan fingerprint density at radius 3 is 2.27 bits per heavy atom. The summed E-state index contributed by atoms with van der Waals surface area (Å²) >= 11 is 0. The fourth-order valence-corrected chi connectivity index (χ4v) is 2.34. The molecule has 0 saturated heterocycles. The molecule has 0 amide bonds. The van der Waals surface area contributed by atoms with Crippen molar-refractivity contribution >= 4 is 0 Å². The van der Waals surface area contributed by atoms with E-state index in [9.17, 15) is 13.9 Å². The van der Waals surface area contributed by atoms with Crippen LogP contribution < -0.4 is 0 Å². The van der Waals surface area contributed by atoms with E-state index in [1.807, 2.05) is 0 Å². The molecule has 2 nitrogen and oxygen atoms in total. The number of aliphatic hydroxyl groups is 1. The van der Waals surface area contributed by atoms with Crippen molar-refractivity contribution in [1.29, 1.82) is 0 Å². The molecule has 4 heteroatoms. The van der Waals surface area contributed by atoms with Crippen LogP contribution in [0.1, 0.15) is 17.2 Å². The topological polar surface area (TPSA) is 33.1 Å². The van der Waals surface area contributed by atoms with Crippen molar-refractivity contribution in [3.8, 4) is 11.3 Å². The van der Waals surface area contributed by atoms with Crippen LogP contribution in [0.3, 0.4) is 0 Å². The van der Waals surface area contributed by atoms with Gasteiger partial charge in [0.15, 0.2) is 0 Å². The van der Waals surface area contributed by atoms with E-state index in [1.165, 1.54) is 12.3 Å². The van der Waals surface area contributed by atoms with Crippen molar-refractivity contribution in [1.82, 2.24) is 4.98 Å². The van der Waals surface area contributed by atoms with E-state index in [2.05, 4.69) is 4.98 Å². The monoisotopic (exact) mass is 297 g/mol. The Kier molecular flexibility index (Phi) is 3.94. The summed E-state index contributed by atoms with van der Waals surface area (Å²) < 4.78 is 28.8. The molecule has 1 unspecified atom stereocenters. The molecule has 0 spiro atoms. The van der Waals surface area contributed by atoms with Gasteiger partial charge in [0.25, 0.3) is 0 Å². The lowest BCUT2D eigenvalue weighted by molar-refractivity contribution is 0.209. The number of pyridine rings is 1. The number of hydrogen-bond acceptors (Lipinski definition) is 2. The minimum absolute atomic E-state index is 0.159. The van der Waals surface area contributed by atoms with Crippen LogP contribution in [0, 0.1) is 11.6 Å². The lowest BCUT2D eigenvalue weighted by atomic mass is 9.97. The summed E-state index contributed by atoms with van der Waals surface area (Å²) in [5.41, 5.74) is 0.612. The zero-order chi connectivity index (χ0) is 15.5. The maximum Gasteiger partial charge on any atom is 0.141 e. The summed E-state index contributed by atoms with van der Waals surface area (Å²) in [5, 5.41) is 10.3. The number of halogens is 2. The van der Waals surface area contributed by atoms with Gasteiger partial charge in [-0.05, 0) is 29.8 Å². The third-order valence-electron chi connectivity index (χ3n) is 3.46. The first-order valence-corrected chi connectivity index (χ1v) is 6.81. The number of nitrogens with zero attached hydrogens (tertiary/aromatic N) is 1. The van der Waals surface area contributed by atoms with Gasteiger partial charge >= 0.3 is 0 Å². The van der Waals surface area contributed by atoms with Gasteiger partial charge in [-0.2, -0.15) is 0 Å². The number of hydrogen-bond donors (Lipinski definition) is 1. The van der Waals surface area contributed by atoms with Gasteiger partial charge in [-0.3, -0.25) is 4.98 Å². The van der Waals surface area contributed by atoms with Crippen LogP contribution in [-0.4, -0.2) is 10.1 Å². The highest BCUT2D eigenvalue weighted by Crippen LogP contribution is 2.32. The highest BCUT2D eigenvalue weighted by atomic mass is 19.1. The molecule has 0 aliphatic rings. The second kappa shape index (κ2) is 6.03. The summed E-state index contributed by atoms with van der Waals surface area (Å²) in [7, 11) is 0. The first kappa shape index (κ1) is 14.4. The molecule has 2 aromatic carbocycles. The standard InChI is InChI=1S/C18H13F2NO/c19-14-10-9-13(15-8-4-5-11-21-15)17(20)16(14)18(22)12-6-2-1-3-7-12/h1-11,18,22H. The zero-order valence-electron chi connectivity index (χ0n) is 11.6. The molecular weight excluding hydrogens is 284 g/mol. The Hall–Kier alpha value is -2.59. The van der Waals surface area contributed by atoms with Crippen molar-refractivity contribution in [3.05, 3.63) is 89.6 Å². The first-order valence-electron chi connectivity index (χ1n) is 6.81. The minimum atomic E-state index is -1.37. The molecule has 0 aliphatic carbocycles. The van der Waals surface area contributed by atoms with Crippen LogP contribution in [-0.2, 0) is 0 Å². The number of aromatic nitrogens is 1. The Morgan fingerprint density at radius 2 is 1.59 bits per heavy atom. The van der Waals surface area contributed by atoms with E-state index < -0.39 is 17.7 Å². The van der Waals surface area contributed by atoms with Crippen LogP contribution in [0.4, 0.5) is 8.78 Å². The van der Waals surface area contributed by atoms with Crippen LogP contribution in [0.5, 0.6) is 0 Å². The maximum absolute atomic E-state index is 14.7. The maximum atomic E-state index is 14.7. The van der Waals surface area contributed by atoms with E-state index >= 15 is 0 Å². The SMILES string of the molecule is OC(c1ccccc1)c1c(F)ccc(-c2ccccn2)c1F. The smallest absolute Gasteiger partial charge is 0.141 e. The van der Waals surface area contributed by atoms with Crippen LogP contribution in [0.15, 0.2) is 66.9 Å². The van der Waals surface area contributed by atoms with Crippen LogP contribution in [0.25, 0.3) is 11.3 Å². The largest absolute Gasteiger partial charge is 0.383 e. The predicted molar refractivity (Wildman–Crippen MR) is 80.1 cm³/mol. The van der Waals surface area contributed by atoms with Gasteiger partial charge < -0.3 is 5.11 Å². The molecule has 0 bridgehead atoms. The molecule has 0 saturated carbocycles. The molecule has 0 aliphatic heterocycles. The summed E-state index contributed by atoms with van der Waals surface area (Å²) in [6.07, 6.45) is 0.163. The third-order valence-corrected chi connectivity index (χ3v) is 3.46. The van der Waals surface area contributed by atoms with Crippen molar-refractivity contribution in [2.24, 2.45) is 0 Å². The molecule has 1 atom stereocenters. The molecule has 3 aromatic rings. The molecular formula is C18H13F2NO. The summed E-state index contributed by atoms with van der Waals surface area (Å²) in [6.45, 7) is 0. The average Bonchev–Trinajstić information content (AvgIpc) is 2.56. The number of aliphatic hydroxyl groups excluding tert-OH is 1. The molecule has 0 radical (unpaired) electrons. The Labute approximate surface area is 126 Å². The van der Waals surface area contributed by atoms with Gasteiger partial charge in [-0.25, -0.2) is 8.78 Å². The molecule has 0 fully saturated rings. The summed E-state index contributed by atoms with van der Waals surface area (Å²) in [4.78, 5) is 4.07. The zero-order valence-corrected chi connectivity index (χ0v) is 11.6. The normalized spacial score (nSPS) is 12.1. The highest BCUT2D eigenvalue weighted by Gasteiger charge is 2.23. The second-order valence-corrected chi connectivity index (χ2v) is 4.85. The van der Waals surface area contributed by atoms with E-state index in [1.54, 1.807) is 48.5 Å². The van der Waals surface area contributed by atoms with Gasteiger partial charge in [0.2, 0.25) is 0 Å². The van der Waals surface area contributed by atoms with Crippen molar-refractivity contribution in [2.45, 2.75) is 6.10 Å². The van der Waals surface area contributed by atoms with Gasteiger partial charge in [0, 0.05) is 11.8 Å². The lowest BCUT2D eigenvalue weighted by Crippen LogP contribution is -2.07. The van der Waals surface area contributed by atoms with Crippen molar-refractivity contribution < 1.29 is 13.9 Å². The second-order valence-electron chi connectivity index (χ2n) is 4.85. The predicted octanol–water partition coefficient (Wildman–Crippen LogP) is 4.11. The van der Waals surface area contributed by atoms with E-state index in [-0.39, 0.29) is 11.1 Å². The van der Waals surface area contributed by atoms with Gasteiger partial charge in [0.1, 0.15) is 17.7 Å². The first-order chi connectivity index (χ1) is 10.7. The van der Waals surface area contributed by atoms with Crippen LogP contribution >= 0.6 is 0 Å². The number of benzene rings is 2. The summed E-state index contributed by atoms with van der Waals surface area (Å²) in [6, 6.07) is 16.0. The average molecular weight is 297 g/mol. The molecule has 110 valence electrons. The van der Waals surface area contributed by atoms with E-state index in [4.69, 9.17) is 0 Å². The quantitative estimate of drug-likeness (QED) is 0.789. The fraction of sp³-hybridized carbons (Fsp3) is 0.0556. The van der Waals surface area contributed by atoms with Crippen molar-refractivity contribution in [3.63, 3.8) is 0 Å². The van der Waals surface area contributed by atoms with Gasteiger partial charge in [0.05, 0.1) is 11.3 Å². The molecule has 1 N–H and O–H groups in total. The number of rotatable bonds is 3. The summed E-state index contributed by atoms with van der Waals surface area (Å²) in [5.74, 6) is -1.58. The molecule has 3 rings (SSSR count). The van der Waals surface area contributed by atoms with Crippen molar-refractivity contribution in [2.75, 3.05) is 0 Å². The highest BCUT2D eigenvalue weighted by molar-refractivity contribution is 5.61. The van der Waals surface area contributed by atoms with Crippen LogP contribution in [0.2, 0.25) is 0 Å². The Bertz CT molecular complexity index is 776. The van der Waals surface area contributed by atoms with E-state index in [0.29, 0.717) is 11.3 Å². The Morgan fingerprint density at radius 1 is 0.864 bits per heavy atom.